The molecule has 1 fully saturated rings. The number of hydrogen-bond donors (Lipinski definition) is 0. The molecule has 0 saturated carbocycles. The van der Waals surface area contributed by atoms with Gasteiger partial charge in [0, 0.05) is 36.7 Å². The Labute approximate surface area is 188 Å². The Hall–Kier alpha value is -1.60. The molecule has 0 aliphatic carbocycles. The number of amides is 1. The highest BCUT2D eigenvalue weighted by Gasteiger charge is 2.34. The third-order valence-electron chi connectivity index (χ3n) is 5.40. The summed E-state index contributed by atoms with van der Waals surface area (Å²) in [6.07, 6.45) is 1.34. The summed E-state index contributed by atoms with van der Waals surface area (Å²) in [6, 6.07) is 12.8. The van der Waals surface area contributed by atoms with Crippen LogP contribution in [0.4, 0.5) is 0 Å². The van der Waals surface area contributed by atoms with Crippen molar-refractivity contribution in [1.82, 2.24) is 9.21 Å². The Morgan fingerprint density at radius 1 is 1.17 bits per heavy atom. The summed E-state index contributed by atoms with van der Waals surface area (Å²) < 4.78 is 27.3. The summed E-state index contributed by atoms with van der Waals surface area (Å²) in [6.45, 7) is 3.14. The Kier molecular flexibility index (Phi) is 7.45. The molecule has 3 rings (SSSR count). The Morgan fingerprint density at radius 2 is 1.87 bits per heavy atom. The van der Waals surface area contributed by atoms with E-state index < -0.39 is 10.0 Å². The number of halogens is 2. The van der Waals surface area contributed by atoms with Gasteiger partial charge in [0.2, 0.25) is 15.9 Å². The first-order valence-corrected chi connectivity index (χ1v) is 12.2. The van der Waals surface area contributed by atoms with E-state index in [0.29, 0.717) is 41.5 Å². The number of aryl methyl sites for hydroxylation is 1. The predicted molar refractivity (Wildman–Crippen MR) is 121 cm³/mol. The van der Waals surface area contributed by atoms with Crippen molar-refractivity contribution in [2.24, 2.45) is 5.92 Å². The molecule has 0 aromatic heterocycles. The van der Waals surface area contributed by atoms with E-state index in [9.17, 15) is 13.2 Å². The van der Waals surface area contributed by atoms with Gasteiger partial charge >= 0.3 is 0 Å². The number of carbonyl (C=O) groups is 1. The van der Waals surface area contributed by atoms with Crippen LogP contribution >= 0.6 is 23.2 Å². The fraction of sp³-hybridized carbons (Fsp3) is 0.409. The highest BCUT2D eigenvalue weighted by atomic mass is 35.5. The van der Waals surface area contributed by atoms with E-state index in [2.05, 4.69) is 0 Å². The number of sulfonamides is 1. The Morgan fingerprint density at radius 3 is 2.53 bits per heavy atom. The molecule has 162 valence electrons. The largest absolute Gasteiger partial charge is 0.341 e. The summed E-state index contributed by atoms with van der Waals surface area (Å²) in [4.78, 5) is 14.6. The molecule has 1 aliphatic heterocycles. The minimum Gasteiger partial charge on any atom is -0.341 e. The van der Waals surface area contributed by atoms with Crippen LogP contribution in [0, 0.1) is 12.8 Å². The van der Waals surface area contributed by atoms with Crippen molar-refractivity contribution in [3.63, 3.8) is 0 Å². The van der Waals surface area contributed by atoms with Crippen molar-refractivity contribution in [1.29, 1.82) is 0 Å². The number of piperidine rings is 1. The van der Waals surface area contributed by atoms with E-state index in [1.165, 1.54) is 15.9 Å². The van der Waals surface area contributed by atoms with Crippen molar-refractivity contribution >= 4 is 39.1 Å². The van der Waals surface area contributed by atoms with E-state index in [1.54, 1.807) is 24.1 Å². The summed E-state index contributed by atoms with van der Waals surface area (Å²) in [5.41, 5.74) is 2.72. The maximum Gasteiger partial charge on any atom is 0.227 e. The van der Waals surface area contributed by atoms with Crippen LogP contribution in [0.5, 0.6) is 0 Å². The van der Waals surface area contributed by atoms with Crippen molar-refractivity contribution < 1.29 is 13.2 Å². The van der Waals surface area contributed by atoms with E-state index in [4.69, 9.17) is 23.2 Å². The fourth-order valence-electron chi connectivity index (χ4n) is 3.68. The maximum atomic E-state index is 13.0. The van der Waals surface area contributed by atoms with Gasteiger partial charge in [-0.15, -0.1) is 0 Å². The summed E-state index contributed by atoms with van der Waals surface area (Å²) in [7, 11) is -1.83. The van der Waals surface area contributed by atoms with Crippen LogP contribution in [0.2, 0.25) is 10.0 Å². The fourth-order valence-corrected chi connectivity index (χ4v) is 5.88. The van der Waals surface area contributed by atoms with E-state index in [1.807, 2.05) is 31.2 Å². The molecular weight excluding hydrogens is 443 g/mol. The van der Waals surface area contributed by atoms with Crippen molar-refractivity contribution in [2.75, 3.05) is 20.1 Å². The minimum absolute atomic E-state index is 0.0278. The smallest absolute Gasteiger partial charge is 0.227 e. The summed E-state index contributed by atoms with van der Waals surface area (Å²) in [5, 5.41) is 0.787. The highest BCUT2D eigenvalue weighted by Crippen LogP contribution is 2.27. The quantitative estimate of drug-likeness (QED) is 0.626. The molecule has 30 heavy (non-hydrogen) atoms. The molecule has 2 aromatic carbocycles. The van der Waals surface area contributed by atoms with Crippen molar-refractivity contribution in [3.05, 3.63) is 69.2 Å². The van der Waals surface area contributed by atoms with Crippen molar-refractivity contribution in [2.45, 2.75) is 32.1 Å². The first-order chi connectivity index (χ1) is 14.2. The van der Waals surface area contributed by atoms with Crippen LogP contribution in [0.25, 0.3) is 0 Å². The van der Waals surface area contributed by atoms with Crippen LogP contribution in [0.15, 0.2) is 42.5 Å². The van der Waals surface area contributed by atoms with Gasteiger partial charge in [-0.3, -0.25) is 4.79 Å². The summed E-state index contributed by atoms with van der Waals surface area (Å²) in [5.74, 6) is -0.576. The number of nitrogens with zero attached hydrogens (tertiary/aromatic N) is 2. The molecule has 5 nitrogen and oxygen atoms in total. The molecule has 0 N–H and O–H groups in total. The standard InChI is InChI=1S/C22H26Cl2N2O3S/c1-16-5-7-17(8-6-16)13-25(2)22(27)18-4-3-11-26(14-18)30(28,29)15-19-9-10-20(23)12-21(19)24/h5-10,12,18H,3-4,11,13-15H2,1-2H3/t18-/m0/s1. The number of benzene rings is 2. The lowest BCUT2D eigenvalue weighted by Gasteiger charge is -2.33. The van der Waals surface area contributed by atoms with Crippen LogP contribution in [-0.4, -0.2) is 43.7 Å². The molecule has 0 spiro atoms. The molecule has 1 saturated heterocycles. The first kappa shape index (κ1) is 23.1. The summed E-state index contributed by atoms with van der Waals surface area (Å²) >= 11 is 12.1. The van der Waals surface area contributed by atoms with E-state index >= 15 is 0 Å². The molecule has 1 aliphatic rings. The third kappa shape index (κ3) is 5.76. The topological polar surface area (TPSA) is 57.7 Å². The van der Waals surface area contributed by atoms with Crippen LogP contribution in [0.1, 0.15) is 29.5 Å². The van der Waals surface area contributed by atoms with Gasteiger partial charge in [0.25, 0.3) is 0 Å². The van der Waals surface area contributed by atoms with Gasteiger partial charge in [-0.05, 0) is 43.0 Å². The second kappa shape index (κ2) is 9.69. The van der Waals surface area contributed by atoms with E-state index in [-0.39, 0.29) is 24.1 Å². The van der Waals surface area contributed by atoms with Crippen LogP contribution < -0.4 is 0 Å². The molecule has 1 heterocycles. The zero-order valence-corrected chi connectivity index (χ0v) is 19.5. The van der Waals surface area contributed by atoms with Crippen molar-refractivity contribution in [3.8, 4) is 0 Å². The van der Waals surface area contributed by atoms with Crippen LogP contribution in [0.3, 0.4) is 0 Å². The molecule has 0 unspecified atom stereocenters. The van der Waals surface area contributed by atoms with Gasteiger partial charge in [-0.25, -0.2) is 12.7 Å². The minimum atomic E-state index is -3.59. The lowest BCUT2D eigenvalue weighted by molar-refractivity contribution is -0.135. The predicted octanol–water partition coefficient (Wildman–Crippen LogP) is 4.50. The van der Waals surface area contributed by atoms with Gasteiger partial charge in [0.15, 0.2) is 0 Å². The first-order valence-electron chi connectivity index (χ1n) is 9.88. The van der Waals surface area contributed by atoms with Gasteiger partial charge < -0.3 is 4.90 Å². The zero-order valence-electron chi connectivity index (χ0n) is 17.1. The normalized spacial score (nSPS) is 17.7. The average Bonchev–Trinajstić information content (AvgIpc) is 2.71. The number of hydrogen-bond acceptors (Lipinski definition) is 3. The molecule has 1 atom stereocenters. The van der Waals surface area contributed by atoms with Gasteiger partial charge in [-0.1, -0.05) is 59.1 Å². The van der Waals surface area contributed by atoms with Gasteiger partial charge in [0.1, 0.15) is 0 Å². The molecule has 0 bridgehead atoms. The molecule has 1 amide bonds. The molecule has 0 radical (unpaired) electrons. The Bertz CT molecular complexity index is 1010. The third-order valence-corrected chi connectivity index (χ3v) is 7.78. The highest BCUT2D eigenvalue weighted by molar-refractivity contribution is 7.88. The van der Waals surface area contributed by atoms with Gasteiger partial charge in [0.05, 0.1) is 11.7 Å². The lowest BCUT2D eigenvalue weighted by Crippen LogP contribution is -2.46. The van der Waals surface area contributed by atoms with Crippen LogP contribution in [-0.2, 0) is 27.1 Å². The zero-order chi connectivity index (χ0) is 21.9. The average molecular weight is 469 g/mol. The lowest BCUT2D eigenvalue weighted by atomic mass is 9.98. The monoisotopic (exact) mass is 468 g/mol. The Balaban J connectivity index is 1.66. The SMILES string of the molecule is Cc1ccc(CN(C)C(=O)[C@H]2CCCN(S(=O)(=O)Cc3ccc(Cl)cc3Cl)C2)cc1. The second-order valence-corrected chi connectivity index (χ2v) is 10.7. The number of rotatable bonds is 6. The molecular formula is C22H26Cl2N2O3S. The number of carbonyl (C=O) groups excluding carboxylic acids is 1. The molecule has 2 aromatic rings. The van der Waals surface area contributed by atoms with Gasteiger partial charge in [-0.2, -0.15) is 0 Å². The maximum absolute atomic E-state index is 13.0. The van der Waals surface area contributed by atoms with E-state index in [0.717, 1.165) is 5.56 Å². The second-order valence-electron chi connectivity index (χ2n) is 7.87. The molecule has 8 heteroatoms.